The van der Waals surface area contributed by atoms with Gasteiger partial charge in [0, 0.05) is 35.5 Å². The molecule has 2 atom stereocenters. The Kier molecular flexibility index (Phi) is 8.58. The quantitative estimate of drug-likeness (QED) is 0.157. The van der Waals surface area contributed by atoms with Crippen LogP contribution in [0.2, 0.25) is 0 Å². The Morgan fingerprint density at radius 3 is 2.30 bits per heavy atom. The fourth-order valence-electron chi connectivity index (χ4n) is 6.87. The lowest BCUT2D eigenvalue weighted by Crippen LogP contribution is -2.38. The summed E-state index contributed by atoms with van der Waals surface area (Å²) in [6.45, 7) is 1.43. The maximum Gasteiger partial charge on any atom is 0.217 e. The predicted molar refractivity (Wildman–Crippen MR) is 190 cm³/mol. The largest absolute Gasteiger partial charge is 0.481 e. The number of rotatable bonds is 11. The molecule has 0 spiro atoms. The summed E-state index contributed by atoms with van der Waals surface area (Å²) in [6, 6.07) is 47.3. The maximum absolute atomic E-state index is 13.5. The maximum atomic E-state index is 13.5. The average Bonchev–Trinajstić information content (AvgIpc) is 3.66. The number of nitrogens with zero attached hydrogens (tertiary/aromatic N) is 2. The monoisotopic (exact) mass is 618 g/mol. The second-order valence-corrected chi connectivity index (χ2v) is 12.2. The second kappa shape index (κ2) is 13.2. The summed E-state index contributed by atoms with van der Waals surface area (Å²) in [5.74, 6) is 0.782. The Labute approximate surface area is 275 Å². The van der Waals surface area contributed by atoms with E-state index in [9.17, 15) is 5.11 Å². The smallest absolute Gasteiger partial charge is 0.217 e. The van der Waals surface area contributed by atoms with Crippen LogP contribution in [0.1, 0.15) is 34.6 Å². The highest BCUT2D eigenvalue weighted by atomic mass is 16.5. The molecule has 0 saturated heterocycles. The van der Waals surface area contributed by atoms with Gasteiger partial charge in [0.2, 0.25) is 5.88 Å². The van der Waals surface area contributed by atoms with Gasteiger partial charge in [-0.3, -0.25) is 0 Å². The van der Waals surface area contributed by atoms with E-state index in [1.807, 2.05) is 66.7 Å². The van der Waals surface area contributed by atoms with Gasteiger partial charge < -0.3 is 19.2 Å². The van der Waals surface area contributed by atoms with Crippen LogP contribution in [0.15, 0.2) is 150 Å². The van der Waals surface area contributed by atoms with Crippen molar-refractivity contribution in [2.24, 2.45) is 0 Å². The van der Waals surface area contributed by atoms with E-state index in [1.54, 1.807) is 13.4 Å². The summed E-state index contributed by atoms with van der Waals surface area (Å²) in [5, 5.41) is 16.6. The third-order valence-corrected chi connectivity index (χ3v) is 9.15. The number of hydrogen-bond donors (Lipinski definition) is 1. The zero-order valence-electron chi connectivity index (χ0n) is 26.7. The Morgan fingerprint density at radius 2 is 1.53 bits per heavy atom. The number of ether oxygens (including phenoxy) is 1. The van der Waals surface area contributed by atoms with Crippen molar-refractivity contribution in [1.82, 2.24) is 9.88 Å². The van der Waals surface area contributed by atoms with Crippen molar-refractivity contribution in [3.8, 4) is 17.2 Å². The van der Waals surface area contributed by atoms with Gasteiger partial charge in [-0.15, -0.1) is 0 Å². The molecule has 5 heteroatoms. The molecule has 0 fully saturated rings. The average molecular weight is 619 g/mol. The molecule has 2 aromatic heterocycles. The standard InChI is InChI=1S/C42H38N2O3/c1-44(29-30-13-5-3-6-14-30)25-24-42(45,37-20-11-18-31-15-9-10-19-35(31)37)40(32-16-7-4-8-17-32)36-28-34-27-33(39-21-12-26-47-39)22-23-38(34)43-41(36)46-2/h3-23,26-28,40,45H,24-25,29H2,1-2H3. The van der Waals surface area contributed by atoms with Crippen LogP contribution in [0.3, 0.4) is 0 Å². The molecular formula is C42H38N2O3. The van der Waals surface area contributed by atoms with E-state index in [-0.39, 0.29) is 0 Å². The lowest BCUT2D eigenvalue weighted by molar-refractivity contribution is 0.00308. The molecule has 5 aromatic carbocycles. The molecule has 234 valence electrons. The molecule has 0 aliphatic rings. The highest BCUT2D eigenvalue weighted by molar-refractivity contribution is 5.88. The highest BCUT2D eigenvalue weighted by Crippen LogP contribution is 2.49. The number of benzene rings is 5. The number of aliphatic hydroxyl groups is 1. The van der Waals surface area contributed by atoms with Gasteiger partial charge in [-0.05, 0) is 77.3 Å². The first-order chi connectivity index (χ1) is 23.0. The first-order valence-corrected chi connectivity index (χ1v) is 16.0. The van der Waals surface area contributed by atoms with Gasteiger partial charge in [0.05, 0.1) is 18.9 Å². The van der Waals surface area contributed by atoms with E-state index in [1.165, 1.54) is 5.56 Å². The third-order valence-electron chi connectivity index (χ3n) is 9.15. The lowest BCUT2D eigenvalue weighted by atomic mass is 9.70. The summed E-state index contributed by atoms with van der Waals surface area (Å²) in [6.07, 6.45) is 2.15. The number of furan rings is 1. The minimum absolute atomic E-state index is 0.470. The lowest BCUT2D eigenvalue weighted by Gasteiger charge is -2.40. The van der Waals surface area contributed by atoms with E-state index in [0.717, 1.165) is 56.2 Å². The zero-order chi connectivity index (χ0) is 32.2. The van der Waals surface area contributed by atoms with Crippen LogP contribution in [0.4, 0.5) is 0 Å². The Bertz CT molecular complexity index is 2090. The molecule has 5 nitrogen and oxygen atoms in total. The van der Waals surface area contributed by atoms with Crippen LogP contribution >= 0.6 is 0 Å². The predicted octanol–water partition coefficient (Wildman–Crippen LogP) is 9.20. The summed E-state index contributed by atoms with van der Waals surface area (Å²) >= 11 is 0. The van der Waals surface area contributed by atoms with Crippen molar-refractivity contribution >= 4 is 21.7 Å². The molecule has 7 rings (SSSR count). The molecular weight excluding hydrogens is 580 g/mol. The minimum Gasteiger partial charge on any atom is -0.481 e. The van der Waals surface area contributed by atoms with Gasteiger partial charge in [0.25, 0.3) is 0 Å². The summed E-state index contributed by atoms with van der Waals surface area (Å²) < 4.78 is 11.8. The van der Waals surface area contributed by atoms with E-state index < -0.39 is 11.5 Å². The Balaban J connectivity index is 1.42. The first-order valence-electron chi connectivity index (χ1n) is 16.0. The van der Waals surface area contributed by atoms with Crippen molar-refractivity contribution in [3.05, 3.63) is 168 Å². The molecule has 2 unspecified atom stereocenters. The van der Waals surface area contributed by atoms with Gasteiger partial charge >= 0.3 is 0 Å². The van der Waals surface area contributed by atoms with Crippen LogP contribution in [-0.2, 0) is 12.1 Å². The van der Waals surface area contributed by atoms with Gasteiger partial charge in [-0.2, -0.15) is 0 Å². The van der Waals surface area contributed by atoms with Crippen molar-refractivity contribution in [2.75, 3.05) is 20.7 Å². The highest BCUT2D eigenvalue weighted by Gasteiger charge is 2.43. The molecule has 0 radical (unpaired) electrons. The third kappa shape index (κ3) is 6.16. The SMILES string of the molecule is COc1nc2ccc(-c3ccco3)cc2cc1C(c1ccccc1)C(O)(CCN(C)Cc1ccccc1)c1cccc2ccccc12. The van der Waals surface area contributed by atoms with E-state index in [2.05, 4.69) is 84.7 Å². The number of methoxy groups -OCH3 is 1. The first kappa shape index (κ1) is 30.4. The molecule has 47 heavy (non-hydrogen) atoms. The van der Waals surface area contributed by atoms with Crippen molar-refractivity contribution < 1.29 is 14.3 Å². The number of hydrogen-bond acceptors (Lipinski definition) is 5. The summed E-state index contributed by atoms with van der Waals surface area (Å²) in [5.41, 5.74) is 4.35. The van der Waals surface area contributed by atoms with Crippen LogP contribution < -0.4 is 4.74 Å². The van der Waals surface area contributed by atoms with Crippen LogP contribution in [0.25, 0.3) is 33.0 Å². The second-order valence-electron chi connectivity index (χ2n) is 12.2. The Morgan fingerprint density at radius 1 is 0.787 bits per heavy atom. The van der Waals surface area contributed by atoms with Crippen LogP contribution in [-0.4, -0.2) is 35.7 Å². The van der Waals surface area contributed by atoms with Crippen LogP contribution in [0, 0.1) is 0 Å². The topological polar surface area (TPSA) is 58.7 Å². The van der Waals surface area contributed by atoms with Gasteiger partial charge in [0.15, 0.2) is 0 Å². The molecule has 7 aromatic rings. The van der Waals surface area contributed by atoms with Gasteiger partial charge in [-0.25, -0.2) is 4.98 Å². The van der Waals surface area contributed by atoms with Gasteiger partial charge in [0.1, 0.15) is 11.4 Å². The van der Waals surface area contributed by atoms with E-state index in [4.69, 9.17) is 14.1 Å². The summed E-state index contributed by atoms with van der Waals surface area (Å²) in [4.78, 5) is 7.29. The van der Waals surface area contributed by atoms with Crippen LogP contribution in [0.5, 0.6) is 5.88 Å². The number of pyridine rings is 1. The van der Waals surface area contributed by atoms with Crippen molar-refractivity contribution in [3.63, 3.8) is 0 Å². The van der Waals surface area contributed by atoms with Crippen molar-refractivity contribution in [1.29, 1.82) is 0 Å². The fourth-order valence-corrected chi connectivity index (χ4v) is 6.87. The molecule has 2 heterocycles. The normalized spacial score (nSPS) is 13.5. The number of aromatic nitrogens is 1. The molecule has 1 N–H and O–H groups in total. The Hall–Kier alpha value is -5.23. The van der Waals surface area contributed by atoms with Gasteiger partial charge in [-0.1, -0.05) is 103 Å². The molecule has 0 aliphatic carbocycles. The minimum atomic E-state index is -1.34. The number of fused-ring (bicyclic) bond motifs is 2. The molecule has 0 saturated carbocycles. The van der Waals surface area contributed by atoms with E-state index in [0.29, 0.717) is 18.8 Å². The molecule has 0 bridgehead atoms. The fraction of sp³-hybridized carbons (Fsp3) is 0.167. The molecule has 0 aliphatic heterocycles. The molecule has 0 amide bonds. The van der Waals surface area contributed by atoms with Crippen molar-refractivity contribution in [2.45, 2.75) is 24.5 Å². The van der Waals surface area contributed by atoms with E-state index >= 15 is 0 Å². The summed E-state index contributed by atoms with van der Waals surface area (Å²) in [7, 11) is 3.77. The zero-order valence-corrected chi connectivity index (χ0v) is 26.7.